The Kier molecular flexibility index (Phi) is 13.3. The fraction of sp³-hybridized carbons (Fsp3) is 0.457. The minimum Gasteiger partial charge on any atom is -0.426 e. The molecule has 210 valence electrons. The van der Waals surface area contributed by atoms with Gasteiger partial charge in [0.05, 0.1) is 5.92 Å². The molecule has 0 amide bonds. The van der Waals surface area contributed by atoms with Crippen LogP contribution in [0.1, 0.15) is 96.7 Å². The molecule has 1 aliphatic rings. The average Bonchev–Trinajstić information content (AvgIpc) is 2.97. The number of unbranched alkanes of at least 4 members (excludes halogenated alkanes) is 7. The normalized spacial score (nSPS) is 15.8. The molecule has 0 saturated heterocycles. The van der Waals surface area contributed by atoms with Crippen molar-refractivity contribution in [3.63, 3.8) is 0 Å². The van der Waals surface area contributed by atoms with Gasteiger partial charge >= 0.3 is 5.97 Å². The largest absolute Gasteiger partial charge is 0.426 e. The van der Waals surface area contributed by atoms with Gasteiger partial charge in [-0.05, 0) is 104 Å². The maximum Gasteiger partial charge on any atom is 0.314 e. The number of benzene rings is 1. The summed E-state index contributed by atoms with van der Waals surface area (Å²) in [6.07, 6.45) is 23.7. The second kappa shape index (κ2) is 17.5. The zero-order chi connectivity index (χ0) is 27.5. The summed E-state index contributed by atoms with van der Waals surface area (Å²) >= 11 is 0. The van der Waals surface area contributed by atoms with Gasteiger partial charge < -0.3 is 4.74 Å². The van der Waals surface area contributed by atoms with Crippen LogP contribution in [-0.2, 0) is 11.2 Å². The lowest BCUT2D eigenvalue weighted by molar-refractivity contribution is -0.140. The number of esters is 1. The molecule has 0 N–H and O–H groups in total. The Bertz CT molecular complexity index is 1280. The van der Waals surface area contributed by atoms with Crippen LogP contribution in [0, 0.1) is 59.7 Å². The Morgan fingerprint density at radius 2 is 1.49 bits per heavy atom. The smallest absolute Gasteiger partial charge is 0.314 e. The first-order chi connectivity index (χ1) is 19.2. The first kappa shape index (κ1) is 29.6. The number of carbonyl (C=O) groups is 1. The van der Waals surface area contributed by atoms with Crippen LogP contribution in [0.15, 0.2) is 36.7 Å². The minimum atomic E-state index is -0.180. The molecule has 0 atom stereocenters. The van der Waals surface area contributed by atoms with Crippen LogP contribution in [0.25, 0.3) is 11.4 Å². The number of terminal acetylenes is 1. The molecule has 0 radical (unpaired) electrons. The number of hydrogen-bond donors (Lipinski definition) is 0. The summed E-state index contributed by atoms with van der Waals surface area (Å²) in [4.78, 5) is 21.8. The third-order valence-corrected chi connectivity index (χ3v) is 7.01. The van der Waals surface area contributed by atoms with Gasteiger partial charge in [-0.25, -0.2) is 9.97 Å². The Morgan fingerprint density at radius 1 is 0.872 bits per heavy atom. The molecular weight excluding hydrogens is 480 g/mol. The first-order valence-electron chi connectivity index (χ1n) is 14.3. The van der Waals surface area contributed by atoms with E-state index < -0.39 is 0 Å². The van der Waals surface area contributed by atoms with Crippen molar-refractivity contribution < 1.29 is 16.7 Å². The molecule has 2 aromatic rings. The highest BCUT2D eigenvalue weighted by Crippen LogP contribution is 2.30. The van der Waals surface area contributed by atoms with Crippen molar-refractivity contribution >= 4 is 5.97 Å². The van der Waals surface area contributed by atoms with Crippen LogP contribution in [-0.4, -0.2) is 15.9 Å². The summed E-state index contributed by atoms with van der Waals surface area (Å²) in [5, 5.41) is 0. The molecule has 4 nitrogen and oxygen atoms in total. The Morgan fingerprint density at radius 3 is 2.15 bits per heavy atom. The zero-order valence-corrected chi connectivity index (χ0v) is 23.1. The van der Waals surface area contributed by atoms with Crippen molar-refractivity contribution in [3.05, 3.63) is 42.2 Å². The van der Waals surface area contributed by atoms with Gasteiger partial charge in [0.25, 0.3) is 0 Å². The van der Waals surface area contributed by atoms with Gasteiger partial charge in [-0.1, -0.05) is 57.8 Å². The van der Waals surface area contributed by atoms with Crippen LogP contribution in [0.5, 0.6) is 5.75 Å². The number of nitrogens with zero attached hydrogens (tertiary/aromatic N) is 2. The van der Waals surface area contributed by atoms with Gasteiger partial charge in [0.1, 0.15) is 5.75 Å². The quantitative estimate of drug-likeness (QED) is 0.120. The highest BCUT2D eigenvalue weighted by Gasteiger charge is 2.27. The van der Waals surface area contributed by atoms with Gasteiger partial charge in [0, 0.05) is 31.0 Å². The number of ether oxygens (including phenoxy) is 1. The van der Waals surface area contributed by atoms with E-state index in [1.54, 1.807) is 0 Å². The van der Waals surface area contributed by atoms with Crippen molar-refractivity contribution in [3.8, 4) is 65.0 Å². The Balaban J connectivity index is -0.00000336. The van der Waals surface area contributed by atoms with Crippen LogP contribution in [0.2, 0.25) is 0 Å². The van der Waals surface area contributed by atoms with Gasteiger partial charge in [-0.2, -0.15) is 0 Å². The Labute approximate surface area is 242 Å². The predicted molar refractivity (Wildman–Crippen MR) is 168 cm³/mol. The molecule has 0 bridgehead atoms. The van der Waals surface area contributed by atoms with Crippen molar-refractivity contribution in [1.82, 2.24) is 9.97 Å². The van der Waals surface area contributed by atoms with E-state index in [0.29, 0.717) is 11.6 Å². The highest BCUT2D eigenvalue weighted by molar-refractivity contribution is 5.75. The molecule has 1 saturated carbocycles. The molecule has 0 unspecified atom stereocenters. The van der Waals surface area contributed by atoms with Gasteiger partial charge in [0.2, 0.25) is 0 Å². The average molecular weight is 529 g/mol. The third-order valence-electron chi connectivity index (χ3n) is 7.01. The standard InChI is InChI=1S/C35H38N2O2.5H2/c1-3-5-7-9-11-12-14-16-18-30-27-36-34(37-28-30)31-23-25-33(26-24-31)39-35(38)32-21-19-29(20-22-32)17-15-13-10-8-6-4-2;;;;;/h2,23-29,32H,3,5,7,9,11-12,14,16,18-22H2,1H3;5*1H. The molecule has 0 aliphatic heterocycles. The van der Waals surface area contributed by atoms with E-state index in [1.165, 1.54) is 56.9 Å². The summed E-state index contributed by atoms with van der Waals surface area (Å²) < 4.78 is 5.66. The predicted octanol–water partition coefficient (Wildman–Crippen LogP) is 8.41. The summed E-state index contributed by atoms with van der Waals surface area (Å²) in [5.74, 6) is 19.6. The molecule has 0 spiro atoms. The van der Waals surface area contributed by atoms with Gasteiger partial charge in [-0.3, -0.25) is 4.79 Å². The molecular formula is C35H48N2O2. The lowest BCUT2D eigenvalue weighted by Gasteiger charge is -2.23. The molecule has 4 heteroatoms. The van der Waals surface area contributed by atoms with Gasteiger partial charge in [-0.15, -0.1) is 6.42 Å². The Hall–Kier alpha value is -3.99. The molecule has 39 heavy (non-hydrogen) atoms. The monoisotopic (exact) mass is 528 g/mol. The summed E-state index contributed by atoms with van der Waals surface area (Å²) in [6.45, 7) is 2.26. The van der Waals surface area contributed by atoms with Gasteiger partial charge in [0.15, 0.2) is 5.82 Å². The van der Waals surface area contributed by atoms with Crippen LogP contribution >= 0.6 is 0 Å². The van der Waals surface area contributed by atoms with Crippen LogP contribution in [0.4, 0.5) is 0 Å². The van der Waals surface area contributed by atoms with Crippen molar-refractivity contribution in [2.75, 3.05) is 0 Å². The van der Waals surface area contributed by atoms with E-state index in [1.807, 2.05) is 36.7 Å². The SMILES string of the molecule is C#CC#CC#CC#CC1CCC(C(=O)Oc2ccc(-c3ncc(CCCCCCCCCC)cn3)cc2)CC1.[HH].[HH].[HH].[HH].[HH]. The summed E-state index contributed by atoms with van der Waals surface area (Å²) in [7, 11) is 0. The number of carbonyl (C=O) groups excluding carboxylic acids is 1. The van der Waals surface area contributed by atoms with E-state index in [4.69, 9.17) is 11.2 Å². The lowest BCUT2D eigenvalue weighted by Crippen LogP contribution is -2.25. The van der Waals surface area contributed by atoms with E-state index in [9.17, 15) is 4.79 Å². The fourth-order valence-electron chi connectivity index (χ4n) is 4.71. The summed E-state index contributed by atoms with van der Waals surface area (Å²) in [5.41, 5.74) is 2.08. The number of aromatic nitrogens is 2. The molecule has 1 aliphatic carbocycles. The zero-order valence-electron chi connectivity index (χ0n) is 23.1. The van der Waals surface area contributed by atoms with Crippen molar-refractivity contribution in [2.45, 2.75) is 90.4 Å². The third kappa shape index (κ3) is 11.1. The number of hydrogen-bond acceptors (Lipinski definition) is 4. The molecule has 1 aromatic carbocycles. The van der Waals surface area contributed by atoms with E-state index >= 15 is 0 Å². The highest BCUT2D eigenvalue weighted by atomic mass is 16.5. The van der Waals surface area contributed by atoms with Crippen LogP contribution in [0.3, 0.4) is 0 Å². The maximum absolute atomic E-state index is 12.7. The topological polar surface area (TPSA) is 52.1 Å². The fourth-order valence-corrected chi connectivity index (χ4v) is 4.71. The molecule has 1 aromatic heterocycles. The second-order valence-corrected chi connectivity index (χ2v) is 10.0. The second-order valence-electron chi connectivity index (χ2n) is 10.0. The molecule has 1 fully saturated rings. The van der Waals surface area contributed by atoms with E-state index in [-0.39, 0.29) is 24.9 Å². The lowest BCUT2D eigenvalue weighted by atomic mass is 9.82. The van der Waals surface area contributed by atoms with E-state index in [2.05, 4.69) is 58.3 Å². The number of aryl methyl sites for hydroxylation is 1. The van der Waals surface area contributed by atoms with Crippen molar-refractivity contribution in [1.29, 1.82) is 0 Å². The minimum absolute atomic E-state index is 0. The molecule has 3 rings (SSSR count). The van der Waals surface area contributed by atoms with Crippen LogP contribution < -0.4 is 4.74 Å². The first-order valence-corrected chi connectivity index (χ1v) is 14.3. The maximum atomic E-state index is 12.7. The number of rotatable bonds is 12. The van der Waals surface area contributed by atoms with E-state index in [0.717, 1.165) is 37.7 Å². The molecule has 1 heterocycles. The van der Waals surface area contributed by atoms with Crippen molar-refractivity contribution in [2.24, 2.45) is 11.8 Å². The summed E-state index contributed by atoms with van der Waals surface area (Å²) in [6, 6.07) is 7.42.